The molecule has 0 aromatic heterocycles. The molecule has 0 saturated carbocycles. The van der Waals surface area contributed by atoms with Crippen molar-refractivity contribution < 1.29 is 31.5 Å². The molecule has 3 aromatic carbocycles. The van der Waals surface area contributed by atoms with E-state index < -0.39 is 22.5 Å². The lowest BCUT2D eigenvalue weighted by Crippen LogP contribution is -2.17. The summed E-state index contributed by atoms with van der Waals surface area (Å²) in [5.74, 6) is -0.683. The summed E-state index contributed by atoms with van der Waals surface area (Å²) in [4.78, 5) is 12.5. The Balaban J connectivity index is 1.88. The van der Waals surface area contributed by atoms with Gasteiger partial charge in [-0.05, 0) is 48.9 Å². The van der Waals surface area contributed by atoms with E-state index in [1.165, 1.54) is 49.6 Å². The number of hydrogen-bond acceptors (Lipinski definition) is 5. The first-order chi connectivity index (χ1) is 15.2. The number of amides is 1. The fourth-order valence-corrected chi connectivity index (χ4v) is 4.29. The van der Waals surface area contributed by atoms with Crippen LogP contribution in [0.25, 0.3) is 0 Å². The number of carbonyl (C=O) groups excluding carboxylic acids is 1. The van der Waals surface area contributed by atoms with Gasteiger partial charge < -0.3 is 14.8 Å². The fraction of sp³-hybridized carbons (Fsp3) is 0.136. The van der Waals surface area contributed by atoms with E-state index in [0.29, 0.717) is 11.3 Å². The van der Waals surface area contributed by atoms with E-state index in [1.807, 2.05) is 0 Å². The normalized spacial score (nSPS) is 11.2. The maximum Gasteiger partial charge on any atom is 0.387 e. The molecule has 0 bridgehead atoms. The van der Waals surface area contributed by atoms with Crippen molar-refractivity contribution in [1.82, 2.24) is 0 Å². The first-order valence-corrected chi connectivity index (χ1v) is 10.8. The molecule has 3 rings (SSSR count). The van der Waals surface area contributed by atoms with E-state index in [1.54, 1.807) is 31.2 Å². The summed E-state index contributed by atoms with van der Waals surface area (Å²) in [5.41, 5.74) is 0.728. The van der Waals surface area contributed by atoms with Crippen molar-refractivity contribution in [2.75, 3.05) is 17.1 Å². The molecule has 0 unspecified atom stereocenters. The van der Waals surface area contributed by atoms with Gasteiger partial charge in [0.05, 0.1) is 23.3 Å². The minimum absolute atomic E-state index is 0.0710. The molecular formula is C22H20F2N2O5S. The molecular weight excluding hydrogens is 442 g/mol. The zero-order chi connectivity index (χ0) is 23.3. The van der Waals surface area contributed by atoms with Gasteiger partial charge in [-0.1, -0.05) is 30.3 Å². The number of rotatable bonds is 8. The molecule has 32 heavy (non-hydrogen) atoms. The molecule has 7 nitrogen and oxygen atoms in total. The molecule has 0 fully saturated rings. The van der Waals surface area contributed by atoms with Crippen molar-refractivity contribution in [3.8, 4) is 11.5 Å². The van der Waals surface area contributed by atoms with Crippen LogP contribution in [0.5, 0.6) is 11.5 Å². The zero-order valence-electron chi connectivity index (χ0n) is 17.1. The van der Waals surface area contributed by atoms with Gasteiger partial charge in [0.1, 0.15) is 11.5 Å². The van der Waals surface area contributed by atoms with Gasteiger partial charge in [0.2, 0.25) is 0 Å². The number of halogens is 2. The zero-order valence-corrected chi connectivity index (χ0v) is 18.0. The largest absolute Gasteiger partial charge is 0.495 e. The molecule has 0 radical (unpaired) electrons. The van der Waals surface area contributed by atoms with Crippen LogP contribution in [0.3, 0.4) is 0 Å². The van der Waals surface area contributed by atoms with Gasteiger partial charge in [0.25, 0.3) is 15.9 Å². The van der Waals surface area contributed by atoms with E-state index in [-0.39, 0.29) is 27.6 Å². The third-order valence-electron chi connectivity index (χ3n) is 4.43. The molecule has 2 N–H and O–H groups in total. The molecule has 0 heterocycles. The Morgan fingerprint density at radius 3 is 2.31 bits per heavy atom. The van der Waals surface area contributed by atoms with Gasteiger partial charge in [-0.3, -0.25) is 9.52 Å². The van der Waals surface area contributed by atoms with Gasteiger partial charge in [-0.25, -0.2) is 8.42 Å². The number of benzene rings is 3. The summed E-state index contributed by atoms with van der Waals surface area (Å²) in [7, 11) is -2.61. The van der Waals surface area contributed by atoms with Crippen LogP contribution in [-0.4, -0.2) is 28.0 Å². The summed E-state index contributed by atoms with van der Waals surface area (Å²) in [6, 6.07) is 16.3. The molecule has 168 valence electrons. The highest BCUT2D eigenvalue weighted by Gasteiger charge is 2.21. The van der Waals surface area contributed by atoms with Gasteiger partial charge in [-0.15, -0.1) is 0 Å². The molecule has 0 saturated heterocycles. The molecule has 1 amide bonds. The van der Waals surface area contributed by atoms with Crippen molar-refractivity contribution in [3.63, 3.8) is 0 Å². The maximum atomic E-state index is 13.0. The predicted octanol–water partition coefficient (Wildman–Crippen LogP) is 4.66. The highest BCUT2D eigenvalue weighted by atomic mass is 32.2. The average Bonchev–Trinajstić information content (AvgIpc) is 2.75. The topological polar surface area (TPSA) is 93.7 Å². The number of para-hydroxylation sites is 3. The Kier molecular flexibility index (Phi) is 6.94. The summed E-state index contributed by atoms with van der Waals surface area (Å²) in [6.07, 6.45) is 0. The monoisotopic (exact) mass is 462 g/mol. The van der Waals surface area contributed by atoms with Crippen LogP contribution < -0.4 is 19.5 Å². The SMILES string of the molecule is COc1ccccc1NS(=O)(=O)c1cc(NC(=O)c2ccccc2OC(F)F)ccc1C. The van der Waals surface area contributed by atoms with E-state index in [4.69, 9.17) is 4.74 Å². The number of methoxy groups -OCH3 is 1. The third-order valence-corrected chi connectivity index (χ3v) is 5.94. The van der Waals surface area contributed by atoms with Crippen LogP contribution >= 0.6 is 0 Å². The first-order valence-electron chi connectivity index (χ1n) is 9.33. The fourth-order valence-electron chi connectivity index (χ4n) is 2.95. The van der Waals surface area contributed by atoms with Gasteiger partial charge >= 0.3 is 6.61 Å². The van der Waals surface area contributed by atoms with Crippen molar-refractivity contribution in [2.24, 2.45) is 0 Å². The Morgan fingerprint density at radius 1 is 0.969 bits per heavy atom. The van der Waals surface area contributed by atoms with Crippen molar-refractivity contribution in [1.29, 1.82) is 0 Å². The Labute approximate surface area is 184 Å². The lowest BCUT2D eigenvalue weighted by Gasteiger charge is -2.15. The molecule has 3 aromatic rings. The maximum absolute atomic E-state index is 13.0. The number of hydrogen-bond donors (Lipinski definition) is 2. The lowest BCUT2D eigenvalue weighted by molar-refractivity contribution is -0.0501. The molecule has 0 aliphatic carbocycles. The van der Waals surface area contributed by atoms with Crippen LogP contribution in [0.2, 0.25) is 0 Å². The molecule has 0 aliphatic heterocycles. The molecule has 0 spiro atoms. The highest BCUT2D eigenvalue weighted by Crippen LogP contribution is 2.29. The summed E-state index contributed by atoms with van der Waals surface area (Å²) in [6.45, 7) is -1.49. The van der Waals surface area contributed by atoms with Crippen LogP contribution in [0.15, 0.2) is 71.6 Å². The van der Waals surface area contributed by atoms with E-state index in [2.05, 4.69) is 14.8 Å². The standard InChI is InChI=1S/C22H20F2N2O5S/c1-14-11-12-15(25-21(27)16-7-3-5-9-18(16)31-22(23)24)13-20(14)32(28,29)26-17-8-4-6-10-19(17)30-2/h3-13,22,26H,1-2H3,(H,25,27). The first kappa shape index (κ1) is 23.0. The number of nitrogens with one attached hydrogen (secondary N) is 2. The van der Waals surface area contributed by atoms with Crippen LogP contribution in [0.4, 0.5) is 20.2 Å². The van der Waals surface area contributed by atoms with Crippen LogP contribution in [-0.2, 0) is 10.0 Å². The van der Waals surface area contributed by atoms with Crippen LogP contribution in [0.1, 0.15) is 15.9 Å². The molecule has 0 aliphatic rings. The van der Waals surface area contributed by atoms with E-state index >= 15 is 0 Å². The number of sulfonamides is 1. The van der Waals surface area contributed by atoms with Crippen molar-refractivity contribution in [3.05, 3.63) is 77.9 Å². The Bertz CT molecular complexity index is 1230. The van der Waals surface area contributed by atoms with E-state index in [0.717, 1.165) is 0 Å². The van der Waals surface area contributed by atoms with Gasteiger partial charge in [0.15, 0.2) is 0 Å². The average molecular weight is 462 g/mol. The highest BCUT2D eigenvalue weighted by molar-refractivity contribution is 7.92. The quantitative estimate of drug-likeness (QED) is 0.508. The summed E-state index contributed by atoms with van der Waals surface area (Å²) >= 11 is 0. The summed E-state index contributed by atoms with van der Waals surface area (Å²) < 4.78 is 63.2. The number of carbonyl (C=O) groups is 1. The number of alkyl halides is 2. The minimum Gasteiger partial charge on any atom is -0.495 e. The van der Waals surface area contributed by atoms with Crippen molar-refractivity contribution >= 4 is 27.3 Å². The van der Waals surface area contributed by atoms with Gasteiger partial charge in [0, 0.05) is 5.69 Å². The number of aryl methyl sites for hydroxylation is 1. The summed E-state index contributed by atoms with van der Waals surface area (Å²) in [5, 5.41) is 2.52. The second-order valence-corrected chi connectivity index (χ2v) is 8.27. The second kappa shape index (κ2) is 9.65. The second-order valence-electron chi connectivity index (χ2n) is 6.61. The number of ether oxygens (including phenoxy) is 2. The number of anilines is 2. The van der Waals surface area contributed by atoms with Crippen molar-refractivity contribution in [2.45, 2.75) is 18.4 Å². The Hall–Kier alpha value is -3.66. The third kappa shape index (κ3) is 5.33. The smallest absolute Gasteiger partial charge is 0.387 e. The predicted molar refractivity (Wildman–Crippen MR) is 116 cm³/mol. The lowest BCUT2D eigenvalue weighted by atomic mass is 10.1. The Morgan fingerprint density at radius 2 is 1.62 bits per heavy atom. The molecule has 10 heteroatoms. The molecule has 0 atom stereocenters. The minimum atomic E-state index is -4.03. The van der Waals surface area contributed by atoms with E-state index in [9.17, 15) is 22.0 Å². The van der Waals surface area contributed by atoms with Crippen LogP contribution in [0, 0.1) is 6.92 Å². The van der Waals surface area contributed by atoms with Gasteiger partial charge in [-0.2, -0.15) is 8.78 Å².